The van der Waals surface area contributed by atoms with E-state index in [-0.39, 0.29) is 12.1 Å². The second-order valence-electron chi connectivity index (χ2n) is 5.23. The zero-order chi connectivity index (χ0) is 17.4. The molecule has 0 fully saturated rings. The van der Waals surface area contributed by atoms with E-state index < -0.39 is 0 Å². The van der Waals surface area contributed by atoms with E-state index in [1.165, 1.54) is 0 Å². The second kappa shape index (κ2) is 8.76. The monoisotopic (exact) mass is 329 g/mol. The summed E-state index contributed by atoms with van der Waals surface area (Å²) >= 11 is 0. The van der Waals surface area contributed by atoms with Crippen LogP contribution in [0.25, 0.3) is 0 Å². The summed E-state index contributed by atoms with van der Waals surface area (Å²) in [4.78, 5) is 16.2. The highest BCUT2D eigenvalue weighted by atomic mass is 16.5. The maximum atomic E-state index is 12.1. The average molecular weight is 329 g/mol. The minimum Gasteiger partial charge on any atom is -0.494 e. The van der Waals surface area contributed by atoms with Crippen molar-refractivity contribution in [1.29, 1.82) is 0 Å². The van der Waals surface area contributed by atoms with Gasteiger partial charge in [0.1, 0.15) is 5.75 Å². The summed E-state index contributed by atoms with van der Waals surface area (Å²) in [6.45, 7) is 4.82. The smallest absolute Gasteiger partial charge is 0.315 e. The molecule has 1 aromatic carbocycles. The number of nitrogens with zero attached hydrogens (tertiary/aromatic N) is 1. The number of carbonyl (C=O) groups is 1. The molecule has 0 aliphatic rings. The fraction of sp³-hybridized carbons (Fsp3) is 0.333. The molecule has 0 saturated carbocycles. The molecule has 0 aliphatic carbocycles. The van der Waals surface area contributed by atoms with Crippen LogP contribution in [0.4, 0.5) is 4.79 Å². The zero-order valence-corrected chi connectivity index (χ0v) is 14.2. The van der Waals surface area contributed by atoms with Crippen LogP contribution in [0.2, 0.25) is 0 Å². The first-order valence-corrected chi connectivity index (χ1v) is 7.89. The SMILES string of the molecule is CCOc1cccc([C@@H](C)NC(=O)NCc2cccnc2OC)c1. The molecule has 128 valence electrons. The molecular formula is C18H23N3O3. The summed E-state index contributed by atoms with van der Waals surface area (Å²) in [6, 6.07) is 11.0. The van der Waals surface area contributed by atoms with Gasteiger partial charge in [-0.25, -0.2) is 9.78 Å². The molecule has 0 radical (unpaired) electrons. The lowest BCUT2D eigenvalue weighted by Gasteiger charge is -2.16. The van der Waals surface area contributed by atoms with Gasteiger partial charge in [0.2, 0.25) is 5.88 Å². The maximum absolute atomic E-state index is 12.1. The molecular weight excluding hydrogens is 306 g/mol. The van der Waals surface area contributed by atoms with Crippen molar-refractivity contribution in [2.75, 3.05) is 13.7 Å². The lowest BCUT2D eigenvalue weighted by atomic mass is 10.1. The molecule has 0 bridgehead atoms. The number of pyridine rings is 1. The van der Waals surface area contributed by atoms with Crippen LogP contribution in [-0.4, -0.2) is 24.7 Å². The number of hydrogen-bond donors (Lipinski definition) is 2. The minimum atomic E-state index is -0.254. The molecule has 6 nitrogen and oxygen atoms in total. The van der Waals surface area contributed by atoms with Crippen molar-refractivity contribution in [2.24, 2.45) is 0 Å². The van der Waals surface area contributed by atoms with Crippen molar-refractivity contribution in [2.45, 2.75) is 26.4 Å². The zero-order valence-electron chi connectivity index (χ0n) is 14.2. The van der Waals surface area contributed by atoms with Crippen LogP contribution in [0, 0.1) is 0 Å². The molecule has 2 rings (SSSR count). The van der Waals surface area contributed by atoms with Crippen molar-refractivity contribution >= 4 is 6.03 Å². The number of benzene rings is 1. The normalized spacial score (nSPS) is 11.5. The van der Waals surface area contributed by atoms with Gasteiger partial charge in [-0.3, -0.25) is 0 Å². The van der Waals surface area contributed by atoms with Gasteiger partial charge in [0, 0.05) is 18.3 Å². The van der Waals surface area contributed by atoms with Gasteiger partial charge in [0.15, 0.2) is 0 Å². The Morgan fingerprint density at radius 1 is 1.29 bits per heavy atom. The minimum absolute atomic E-state index is 0.138. The summed E-state index contributed by atoms with van der Waals surface area (Å²) in [6.07, 6.45) is 1.65. The second-order valence-corrected chi connectivity index (χ2v) is 5.23. The highest BCUT2D eigenvalue weighted by Crippen LogP contribution is 2.19. The van der Waals surface area contributed by atoms with Crippen LogP contribution in [0.5, 0.6) is 11.6 Å². The van der Waals surface area contributed by atoms with Gasteiger partial charge in [-0.1, -0.05) is 18.2 Å². The van der Waals surface area contributed by atoms with Crippen LogP contribution in [-0.2, 0) is 6.54 Å². The third-order valence-corrected chi connectivity index (χ3v) is 3.50. The molecule has 6 heteroatoms. The summed E-state index contributed by atoms with van der Waals surface area (Å²) in [5.74, 6) is 1.31. The number of ether oxygens (including phenoxy) is 2. The molecule has 0 spiro atoms. The van der Waals surface area contributed by atoms with Crippen LogP contribution in [0.15, 0.2) is 42.6 Å². The highest BCUT2D eigenvalue weighted by Gasteiger charge is 2.11. The van der Waals surface area contributed by atoms with Crippen molar-refractivity contribution in [3.05, 3.63) is 53.7 Å². The Kier molecular flexibility index (Phi) is 6.42. The van der Waals surface area contributed by atoms with Crippen molar-refractivity contribution < 1.29 is 14.3 Å². The van der Waals surface area contributed by atoms with Gasteiger partial charge in [-0.05, 0) is 37.6 Å². The van der Waals surface area contributed by atoms with Gasteiger partial charge in [0.25, 0.3) is 0 Å². The standard InChI is InChI=1S/C18H23N3O3/c1-4-24-16-9-5-7-14(11-16)13(2)21-18(22)20-12-15-8-6-10-19-17(15)23-3/h5-11,13H,4,12H2,1-3H3,(H2,20,21,22)/t13-/m1/s1. The molecule has 1 atom stereocenters. The molecule has 1 heterocycles. The lowest BCUT2D eigenvalue weighted by Crippen LogP contribution is -2.36. The number of hydrogen-bond acceptors (Lipinski definition) is 4. The Balaban J connectivity index is 1.90. The summed E-state index contributed by atoms with van der Waals surface area (Å²) < 4.78 is 10.7. The fourth-order valence-electron chi connectivity index (χ4n) is 2.29. The Labute approximate surface area is 142 Å². The number of rotatable bonds is 7. The topological polar surface area (TPSA) is 72.5 Å². The molecule has 0 aliphatic heterocycles. The van der Waals surface area contributed by atoms with Crippen LogP contribution in [0.3, 0.4) is 0 Å². The van der Waals surface area contributed by atoms with E-state index in [2.05, 4.69) is 15.6 Å². The Morgan fingerprint density at radius 3 is 2.88 bits per heavy atom. The summed E-state index contributed by atoms with van der Waals surface area (Å²) in [5.41, 5.74) is 1.80. The first-order chi connectivity index (χ1) is 11.6. The van der Waals surface area contributed by atoms with Gasteiger partial charge in [-0.2, -0.15) is 0 Å². The number of urea groups is 1. The van der Waals surface area contributed by atoms with Crippen LogP contribution < -0.4 is 20.1 Å². The quantitative estimate of drug-likeness (QED) is 0.819. The highest BCUT2D eigenvalue weighted by molar-refractivity contribution is 5.74. The fourth-order valence-corrected chi connectivity index (χ4v) is 2.29. The van der Waals surface area contributed by atoms with Crippen molar-refractivity contribution in [1.82, 2.24) is 15.6 Å². The van der Waals surface area contributed by atoms with Gasteiger partial charge in [-0.15, -0.1) is 0 Å². The molecule has 0 saturated heterocycles. The lowest BCUT2D eigenvalue weighted by molar-refractivity contribution is 0.237. The third-order valence-electron chi connectivity index (χ3n) is 3.50. The van der Waals surface area contributed by atoms with E-state index in [0.717, 1.165) is 16.9 Å². The van der Waals surface area contributed by atoms with Crippen molar-refractivity contribution in [3.8, 4) is 11.6 Å². The van der Waals surface area contributed by atoms with E-state index >= 15 is 0 Å². The predicted molar refractivity (Wildman–Crippen MR) is 92.2 cm³/mol. The first kappa shape index (κ1) is 17.6. The Hall–Kier alpha value is -2.76. The van der Waals surface area contributed by atoms with E-state index in [9.17, 15) is 4.79 Å². The largest absolute Gasteiger partial charge is 0.494 e. The van der Waals surface area contributed by atoms with Gasteiger partial charge < -0.3 is 20.1 Å². The number of methoxy groups -OCH3 is 1. The molecule has 24 heavy (non-hydrogen) atoms. The third kappa shape index (κ3) is 4.87. The van der Waals surface area contributed by atoms with E-state index in [4.69, 9.17) is 9.47 Å². The molecule has 2 N–H and O–H groups in total. The van der Waals surface area contributed by atoms with Crippen molar-refractivity contribution in [3.63, 3.8) is 0 Å². The average Bonchev–Trinajstić information content (AvgIpc) is 2.60. The van der Waals surface area contributed by atoms with Gasteiger partial charge in [0.05, 0.1) is 19.8 Å². The number of nitrogens with one attached hydrogen (secondary N) is 2. The van der Waals surface area contributed by atoms with Crippen LogP contribution >= 0.6 is 0 Å². The van der Waals surface area contributed by atoms with Gasteiger partial charge >= 0.3 is 6.03 Å². The first-order valence-electron chi connectivity index (χ1n) is 7.89. The predicted octanol–water partition coefficient (Wildman–Crippen LogP) is 3.05. The Morgan fingerprint density at radius 2 is 2.12 bits per heavy atom. The van der Waals surface area contributed by atoms with Crippen LogP contribution in [0.1, 0.15) is 31.0 Å². The van der Waals surface area contributed by atoms with E-state index in [1.54, 1.807) is 19.4 Å². The summed E-state index contributed by atoms with van der Waals surface area (Å²) in [5, 5.41) is 5.72. The molecule has 2 amide bonds. The number of carbonyl (C=O) groups excluding carboxylic acids is 1. The Bertz CT molecular complexity index is 676. The maximum Gasteiger partial charge on any atom is 0.315 e. The van der Waals surface area contributed by atoms with E-state index in [1.807, 2.05) is 44.2 Å². The summed E-state index contributed by atoms with van der Waals surface area (Å²) in [7, 11) is 1.55. The molecule has 2 aromatic rings. The molecule has 0 unspecified atom stereocenters. The molecule has 1 aromatic heterocycles. The van der Waals surface area contributed by atoms with E-state index in [0.29, 0.717) is 19.0 Å². The number of aromatic nitrogens is 1. The number of amides is 2.